The lowest BCUT2D eigenvalue weighted by atomic mass is 9.81. The third kappa shape index (κ3) is 2.18. The molecule has 0 aliphatic carbocycles. The number of rotatable bonds is 2. The summed E-state index contributed by atoms with van der Waals surface area (Å²) in [6, 6.07) is 3.74. The van der Waals surface area contributed by atoms with Crippen LogP contribution in [0, 0.1) is 6.92 Å². The van der Waals surface area contributed by atoms with Gasteiger partial charge in [0.05, 0.1) is 29.1 Å². The molecule has 0 aromatic carbocycles. The lowest BCUT2D eigenvalue weighted by molar-refractivity contribution is 0.00578. The summed E-state index contributed by atoms with van der Waals surface area (Å²) in [5.41, 5.74) is 1.64. The molecule has 1 aliphatic rings. The number of nitrogens with zero attached hydrogens (tertiary/aromatic N) is 1. The zero-order valence-corrected chi connectivity index (χ0v) is 11.7. The van der Waals surface area contributed by atoms with E-state index in [1.54, 1.807) is 0 Å². The molecule has 1 aliphatic heterocycles. The van der Waals surface area contributed by atoms with E-state index in [9.17, 15) is 0 Å². The van der Waals surface area contributed by atoms with Gasteiger partial charge in [-0.2, -0.15) is 0 Å². The van der Waals surface area contributed by atoms with Crippen molar-refractivity contribution in [1.29, 1.82) is 0 Å². The van der Waals surface area contributed by atoms with Gasteiger partial charge in [0.2, 0.25) is 0 Å². The Kier molecular flexibility index (Phi) is 3.26. The van der Waals surface area contributed by atoms with Crippen molar-refractivity contribution in [1.82, 2.24) is 4.98 Å². The topological polar surface area (TPSA) is 51.6 Å². The van der Waals surface area contributed by atoms with Gasteiger partial charge in [-0.25, -0.2) is 0 Å². The lowest BCUT2D eigenvalue weighted by Crippen LogP contribution is -2.41. The Morgan fingerprint density at radius 1 is 1.17 bits per heavy atom. The Balaban J connectivity index is 2.34. The van der Waals surface area contributed by atoms with E-state index in [2.05, 4.69) is 4.98 Å². The fourth-order valence-electron chi connectivity index (χ4n) is 1.87. The molecule has 18 heavy (non-hydrogen) atoms. The largest absolute Gasteiger partial charge is 0.514 e. The number of hydrogen-bond acceptors (Lipinski definition) is 4. The van der Waals surface area contributed by atoms with Gasteiger partial charge in [-0.1, -0.05) is 6.07 Å². The molecule has 0 amide bonds. The highest BCUT2D eigenvalue weighted by Gasteiger charge is 2.52. The van der Waals surface area contributed by atoms with Gasteiger partial charge in [0, 0.05) is 0 Å². The highest BCUT2D eigenvalue weighted by molar-refractivity contribution is 6.61. The second-order valence-electron chi connectivity index (χ2n) is 5.75. The summed E-state index contributed by atoms with van der Waals surface area (Å²) in [6.07, 6.45) is 0. The van der Waals surface area contributed by atoms with Crippen LogP contribution in [0.25, 0.3) is 0 Å². The first kappa shape index (κ1) is 13.5. The molecule has 0 saturated carbocycles. The summed E-state index contributed by atoms with van der Waals surface area (Å²) in [4.78, 5) is 4.40. The molecule has 1 aromatic heterocycles. The van der Waals surface area contributed by atoms with Gasteiger partial charge in [-0.05, 0) is 46.2 Å². The van der Waals surface area contributed by atoms with Crippen LogP contribution in [0.5, 0.6) is 0 Å². The summed E-state index contributed by atoms with van der Waals surface area (Å²) < 4.78 is 11.9. The molecule has 2 rings (SSSR count). The van der Waals surface area contributed by atoms with Gasteiger partial charge < -0.3 is 14.4 Å². The molecular formula is C13H20BNO3. The number of hydrogen-bond donors (Lipinski definition) is 1. The van der Waals surface area contributed by atoms with E-state index in [1.807, 2.05) is 46.8 Å². The molecule has 0 atom stereocenters. The van der Waals surface area contributed by atoms with Crippen LogP contribution in [0.15, 0.2) is 12.1 Å². The van der Waals surface area contributed by atoms with Crippen LogP contribution in [0.4, 0.5) is 0 Å². The maximum absolute atomic E-state index is 9.16. The third-order valence-electron chi connectivity index (χ3n) is 3.83. The Morgan fingerprint density at radius 3 is 2.22 bits per heavy atom. The van der Waals surface area contributed by atoms with Crippen molar-refractivity contribution in [2.75, 3.05) is 0 Å². The minimum absolute atomic E-state index is 0.0766. The molecule has 0 spiro atoms. The van der Waals surface area contributed by atoms with E-state index in [0.717, 1.165) is 11.2 Å². The number of aliphatic hydroxyl groups excluding tert-OH is 1. The quantitative estimate of drug-likeness (QED) is 0.799. The van der Waals surface area contributed by atoms with Crippen LogP contribution in [0.2, 0.25) is 0 Å². The first-order chi connectivity index (χ1) is 8.27. The predicted molar refractivity (Wildman–Crippen MR) is 70.6 cm³/mol. The summed E-state index contributed by atoms with van der Waals surface area (Å²) in [6.45, 7) is 9.94. The van der Waals surface area contributed by atoms with Gasteiger partial charge in [-0.15, -0.1) is 0 Å². The number of aromatic nitrogens is 1. The monoisotopic (exact) mass is 249 g/mol. The Hall–Kier alpha value is -0.905. The number of pyridine rings is 1. The third-order valence-corrected chi connectivity index (χ3v) is 3.83. The molecule has 4 nitrogen and oxygen atoms in total. The first-order valence-electron chi connectivity index (χ1n) is 6.20. The number of aliphatic hydroxyl groups is 1. The van der Waals surface area contributed by atoms with E-state index in [1.165, 1.54) is 0 Å². The average molecular weight is 249 g/mol. The predicted octanol–water partition coefficient (Wildman–Crippen LogP) is 1.18. The fourth-order valence-corrected chi connectivity index (χ4v) is 1.87. The molecule has 98 valence electrons. The molecule has 0 bridgehead atoms. The molecular weight excluding hydrogens is 229 g/mol. The lowest BCUT2D eigenvalue weighted by Gasteiger charge is -2.32. The second kappa shape index (κ2) is 4.33. The van der Waals surface area contributed by atoms with Gasteiger partial charge in [0.15, 0.2) is 0 Å². The van der Waals surface area contributed by atoms with Crippen LogP contribution in [0.1, 0.15) is 39.0 Å². The van der Waals surface area contributed by atoms with E-state index >= 15 is 0 Å². The molecule has 2 heterocycles. The van der Waals surface area contributed by atoms with Crippen molar-refractivity contribution in [2.45, 2.75) is 52.4 Å². The Morgan fingerprint density at radius 2 is 1.72 bits per heavy atom. The molecule has 5 heteroatoms. The zero-order valence-electron chi connectivity index (χ0n) is 11.7. The first-order valence-corrected chi connectivity index (χ1v) is 6.20. The van der Waals surface area contributed by atoms with Crippen LogP contribution in [-0.2, 0) is 15.9 Å². The van der Waals surface area contributed by atoms with Gasteiger partial charge >= 0.3 is 7.12 Å². The standard InChI is InChI=1S/C13H20BNO3/c1-9-6-7-10(8-16)15-11(9)14-17-12(2,3)13(4,5)18-14/h6-7,16H,8H2,1-5H3. The smallest absolute Gasteiger partial charge is 0.398 e. The minimum Gasteiger partial charge on any atom is -0.398 e. The molecule has 0 radical (unpaired) electrons. The van der Waals surface area contributed by atoms with Gasteiger partial charge in [-0.3, -0.25) is 4.98 Å². The summed E-state index contributed by atoms with van der Waals surface area (Å²) in [7, 11) is -0.471. The highest BCUT2D eigenvalue weighted by Crippen LogP contribution is 2.36. The van der Waals surface area contributed by atoms with E-state index in [4.69, 9.17) is 14.4 Å². The van der Waals surface area contributed by atoms with E-state index < -0.39 is 7.12 Å². The normalized spacial score (nSPS) is 21.3. The summed E-state index contributed by atoms with van der Waals surface area (Å²) in [5, 5.41) is 9.16. The number of aryl methyl sites for hydroxylation is 1. The molecule has 1 aromatic rings. The Bertz CT molecular complexity index is 444. The van der Waals surface area contributed by atoms with Crippen LogP contribution in [-0.4, -0.2) is 28.4 Å². The summed E-state index contributed by atoms with van der Waals surface area (Å²) >= 11 is 0. The van der Waals surface area contributed by atoms with E-state index in [0.29, 0.717) is 5.69 Å². The van der Waals surface area contributed by atoms with Crippen molar-refractivity contribution < 1.29 is 14.4 Å². The van der Waals surface area contributed by atoms with Crippen molar-refractivity contribution in [3.63, 3.8) is 0 Å². The van der Waals surface area contributed by atoms with Crippen molar-refractivity contribution >= 4 is 12.7 Å². The van der Waals surface area contributed by atoms with Crippen LogP contribution >= 0.6 is 0 Å². The zero-order chi connectivity index (χ0) is 13.6. The Labute approximate surface area is 108 Å². The summed E-state index contributed by atoms with van der Waals surface area (Å²) in [5.74, 6) is 0. The van der Waals surface area contributed by atoms with Gasteiger partial charge in [0.1, 0.15) is 0 Å². The average Bonchev–Trinajstić information content (AvgIpc) is 2.48. The molecule has 1 saturated heterocycles. The second-order valence-corrected chi connectivity index (χ2v) is 5.75. The molecule has 1 N–H and O–H groups in total. The molecule has 0 unspecified atom stereocenters. The fraction of sp³-hybridized carbons (Fsp3) is 0.615. The van der Waals surface area contributed by atoms with Gasteiger partial charge in [0.25, 0.3) is 0 Å². The van der Waals surface area contributed by atoms with E-state index in [-0.39, 0.29) is 17.8 Å². The van der Waals surface area contributed by atoms with Crippen LogP contribution < -0.4 is 5.59 Å². The maximum Gasteiger partial charge on any atom is 0.514 e. The van der Waals surface area contributed by atoms with Crippen molar-refractivity contribution in [3.8, 4) is 0 Å². The minimum atomic E-state index is -0.471. The van der Waals surface area contributed by atoms with Crippen LogP contribution in [0.3, 0.4) is 0 Å². The maximum atomic E-state index is 9.16. The van der Waals surface area contributed by atoms with Crippen molar-refractivity contribution in [3.05, 3.63) is 23.4 Å². The van der Waals surface area contributed by atoms with Crippen molar-refractivity contribution in [2.24, 2.45) is 0 Å². The molecule has 1 fully saturated rings. The SMILES string of the molecule is Cc1ccc(CO)nc1B1OC(C)(C)C(C)(C)O1. The highest BCUT2D eigenvalue weighted by atomic mass is 16.7.